The number of rotatable bonds is 5. The fourth-order valence-electron chi connectivity index (χ4n) is 1.93. The lowest BCUT2D eigenvalue weighted by Gasteiger charge is -2.18. The molecular formula is C15H16ClN3O4. The Morgan fingerprint density at radius 1 is 1.35 bits per heavy atom. The maximum Gasteiger partial charge on any atom is 0.322 e. The Morgan fingerprint density at radius 3 is 2.61 bits per heavy atom. The van der Waals surface area contributed by atoms with E-state index in [1.54, 1.807) is 37.3 Å². The molecule has 2 rings (SSSR count). The van der Waals surface area contributed by atoms with Crippen molar-refractivity contribution in [1.82, 2.24) is 10.5 Å². The Bertz CT molecular complexity index is 684. The highest BCUT2D eigenvalue weighted by atomic mass is 35.5. The lowest BCUT2D eigenvalue weighted by Crippen LogP contribution is -2.33. The number of amides is 2. The van der Waals surface area contributed by atoms with Gasteiger partial charge in [0.15, 0.2) is 0 Å². The number of carbonyl (C=O) groups is 2. The van der Waals surface area contributed by atoms with Crippen molar-refractivity contribution < 1.29 is 18.8 Å². The van der Waals surface area contributed by atoms with Crippen LogP contribution in [-0.2, 0) is 9.53 Å². The van der Waals surface area contributed by atoms with E-state index in [4.69, 9.17) is 16.1 Å². The van der Waals surface area contributed by atoms with Crippen LogP contribution in [0.1, 0.15) is 23.7 Å². The Kier molecular flexibility index (Phi) is 5.59. The zero-order chi connectivity index (χ0) is 16.8. The van der Waals surface area contributed by atoms with Crippen LogP contribution in [0.25, 0.3) is 0 Å². The number of ether oxygens (including phenoxy) is 1. The molecule has 1 atom stereocenters. The quantitative estimate of drug-likeness (QED) is 0.818. The minimum absolute atomic E-state index is 0.0129. The first-order chi connectivity index (χ1) is 11.0. The Balaban J connectivity index is 2.08. The number of benzene rings is 1. The van der Waals surface area contributed by atoms with Crippen LogP contribution < -0.4 is 10.6 Å². The van der Waals surface area contributed by atoms with Crippen LogP contribution in [0.5, 0.6) is 0 Å². The summed E-state index contributed by atoms with van der Waals surface area (Å²) in [6.45, 7) is 1.74. The van der Waals surface area contributed by atoms with Gasteiger partial charge < -0.3 is 14.6 Å². The first-order valence-corrected chi connectivity index (χ1v) is 7.19. The van der Waals surface area contributed by atoms with Gasteiger partial charge in [-0.15, -0.1) is 0 Å². The Morgan fingerprint density at radius 2 is 2.04 bits per heavy atom. The van der Waals surface area contributed by atoms with Gasteiger partial charge in [0.2, 0.25) is 5.88 Å². The highest BCUT2D eigenvalue weighted by Gasteiger charge is 2.19. The summed E-state index contributed by atoms with van der Waals surface area (Å²) in [6.07, 6.45) is -0.0129. The summed E-state index contributed by atoms with van der Waals surface area (Å²) in [6, 6.07) is 7.32. The van der Waals surface area contributed by atoms with Crippen LogP contribution in [0.4, 0.5) is 10.7 Å². The van der Waals surface area contributed by atoms with Gasteiger partial charge in [0.25, 0.3) is 0 Å². The van der Waals surface area contributed by atoms with Gasteiger partial charge in [-0.25, -0.2) is 4.79 Å². The molecule has 0 unspecified atom stereocenters. The number of nitrogens with one attached hydrogen (secondary N) is 2. The Hall–Kier alpha value is -2.54. The van der Waals surface area contributed by atoms with Crippen LogP contribution in [0.3, 0.4) is 0 Å². The van der Waals surface area contributed by atoms with Crippen molar-refractivity contribution in [2.75, 3.05) is 12.4 Å². The maximum absolute atomic E-state index is 12.1. The lowest BCUT2D eigenvalue weighted by molar-refractivity contribution is -0.141. The van der Waals surface area contributed by atoms with Gasteiger partial charge in [-0.2, -0.15) is 0 Å². The van der Waals surface area contributed by atoms with Crippen LogP contribution >= 0.6 is 11.6 Å². The predicted molar refractivity (Wildman–Crippen MR) is 84.2 cm³/mol. The average molecular weight is 338 g/mol. The lowest BCUT2D eigenvalue weighted by atomic mass is 10.0. The van der Waals surface area contributed by atoms with E-state index in [-0.39, 0.29) is 12.3 Å². The molecule has 23 heavy (non-hydrogen) atoms. The number of aromatic nitrogens is 1. The number of esters is 1. The normalized spacial score (nSPS) is 11.6. The van der Waals surface area contributed by atoms with Gasteiger partial charge in [-0.05, 0) is 24.6 Å². The second-order valence-corrected chi connectivity index (χ2v) is 5.25. The fraction of sp³-hybridized carbons (Fsp3) is 0.267. The molecule has 1 aromatic heterocycles. The second-order valence-electron chi connectivity index (χ2n) is 4.82. The predicted octanol–water partition coefficient (Wildman–Crippen LogP) is 3.06. The largest absolute Gasteiger partial charge is 0.469 e. The number of methoxy groups -OCH3 is 1. The highest BCUT2D eigenvalue weighted by molar-refractivity contribution is 6.30. The molecule has 0 radical (unpaired) electrons. The second kappa shape index (κ2) is 7.64. The molecular weight excluding hydrogens is 322 g/mol. The van der Waals surface area contributed by atoms with Crippen molar-refractivity contribution in [3.05, 3.63) is 46.6 Å². The maximum atomic E-state index is 12.1. The molecule has 0 aliphatic carbocycles. The molecule has 0 aliphatic heterocycles. The number of nitrogens with zero attached hydrogens (tertiary/aromatic N) is 1. The van der Waals surface area contributed by atoms with Crippen molar-refractivity contribution >= 4 is 29.5 Å². The van der Waals surface area contributed by atoms with Crippen LogP contribution in [0.15, 0.2) is 34.9 Å². The molecule has 0 fully saturated rings. The number of aryl methyl sites for hydroxylation is 1. The van der Waals surface area contributed by atoms with Gasteiger partial charge in [0, 0.05) is 11.1 Å². The van der Waals surface area contributed by atoms with Crippen LogP contribution in [-0.4, -0.2) is 24.3 Å². The third kappa shape index (κ3) is 5.00. The molecule has 0 bridgehead atoms. The summed E-state index contributed by atoms with van der Waals surface area (Å²) in [7, 11) is 1.29. The standard InChI is InChI=1S/C15H16ClN3O4/c1-9-7-13(23-19-9)18-15(21)17-12(8-14(20)22-2)10-3-5-11(16)6-4-10/h3-7,12H,8H2,1-2H3,(H2,17,18,21)/t12-/m0/s1. The van der Waals surface area contributed by atoms with Crippen LogP contribution in [0.2, 0.25) is 5.02 Å². The summed E-state index contributed by atoms with van der Waals surface area (Å²) < 4.78 is 9.57. The molecule has 0 aliphatic rings. The minimum atomic E-state index is -0.566. The van der Waals surface area contributed by atoms with E-state index < -0.39 is 18.0 Å². The monoisotopic (exact) mass is 337 g/mol. The summed E-state index contributed by atoms with van der Waals surface area (Å²) in [5.41, 5.74) is 1.37. The molecule has 1 aromatic carbocycles. The van der Waals surface area contributed by atoms with Crippen molar-refractivity contribution in [1.29, 1.82) is 0 Å². The van der Waals surface area contributed by atoms with Gasteiger partial charge in [0.05, 0.1) is 25.3 Å². The average Bonchev–Trinajstić information content (AvgIpc) is 2.92. The Labute approximate surface area is 137 Å². The molecule has 7 nitrogen and oxygen atoms in total. The summed E-state index contributed by atoms with van der Waals surface area (Å²) in [5.74, 6) is -0.228. The smallest absolute Gasteiger partial charge is 0.322 e. The first kappa shape index (κ1) is 16.8. The summed E-state index contributed by atoms with van der Waals surface area (Å²) in [4.78, 5) is 23.6. The third-order valence-electron chi connectivity index (χ3n) is 3.04. The number of halogens is 1. The fourth-order valence-corrected chi connectivity index (χ4v) is 2.05. The molecule has 122 valence electrons. The molecule has 2 aromatic rings. The number of hydrogen-bond acceptors (Lipinski definition) is 5. The van der Waals surface area contributed by atoms with Gasteiger partial charge >= 0.3 is 12.0 Å². The number of anilines is 1. The van der Waals surface area contributed by atoms with E-state index in [1.165, 1.54) is 7.11 Å². The molecule has 2 amide bonds. The zero-order valence-corrected chi connectivity index (χ0v) is 13.4. The number of carbonyl (C=O) groups excluding carboxylic acids is 2. The van der Waals surface area contributed by atoms with E-state index in [2.05, 4.69) is 20.5 Å². The summed E-state index contributed by atoms with van der Waals surface area (Å²) in [5, 5.41) is 9.44. The molecule has 1 heterocycles. The number of hydrogen-bond donors (Lipinski definition) is 2. The third-order valence-corrected chi connectivity index (χ3v) is 3.29. The summed E-state index contributed by atoms with van der Waals surface area (Å²) >= 11 is 5.85. The molecule has 2 N–H and O–H groups in total. The first-order valence-electron chi connectivity index (χ1n) is 6.81. The molecule has 8 heteroatoms. The van der Waals surface area contributed by atoms with Crippen molar-refractivity contribution in [3.8, 4) is 0 Å². The molecule has 0 spiro atoms. The van der Waals surface area contributed by atoms with Gasteiger partial charge in [0.1, 0.15) is 0 Å². The van der Waals surface area contributed by atoms with E-state index in [0.717, 1.165) is 5.56 Å². The van der Waals surface area contributed by atoms with E-state index >= 15 is 0 Å². The SMILES string of the molecule is COC(=O)C[C@H](NC(=O)Nc1cc(C)no1)c1ccc(Cl)cc1. The number of urea groups is 1. The van der Waals surface area contributed by atoms with Crippen LogP contribution in [0, 0.1) is 6.92 Å². The van der Waals surface area contributed by atoms with Crippen molar-refractivity contribution in [2.45, 2.75) is 19.4 Å². The topological polar surface area (TPSA) is 93.5 Å². The van der Waals surface area contributed by atoms with E-state index in [0.29, 0.717) is 10.7 Å². The molecule has 0 saturated carbocycles. The van der Waals surface area contributed by atoms with E-state index in [1.807, 2.05) is 0 Å². The minimum Gasteiger partial charge on any atom is -0.469 e. The zero-order valence-electron chi connectivity index (χ0n) is 12.6. The van der Waals surface area contributed by atoms with Gasteiger partial charge in [-0.3, -0.25) is 10.1 Å². The van der Waals surface area contributed by atoms with Crippen molar-refractivity contribution in [2.24, 2.45) is 0 Å². The highest BCUT2D eigenvalue weighted by Crippen LogP contribution is 2.20. The van der Waals surface area contributed by atoms with E-state index in [9.17, 15) is 9.59 Å². The molecule has 0 saturated heterocycles. The van der Waals surface area contributed by atoms with Gasteiger partial charge in [-0.1, -0.05) is 28.9 Å². The van der Waals surface area contributed by atoms with Crippen molar-refractivity contribution in [3.63, 3.8) is 0 Å².